The SMILES string of the molecule is Cl.OC1(Cc2ccccc2)CCN(CCOc2ccccc2)CC1. The number of rotatable bonds is 6. The van der Waals surface area contributed by atoms with E-state index in [0.717, 1.165) is 44.6 Å². The lowest BCUT2D eigenvalue weighted by Crippen LogP contribution is -2.46. The first-order valence-corrected chi connectivity index (χ1v) is 8.40. The van der Waals surface area contributed by atoms with Gasteiger partial charge in [-0.15, -0.1) is 12.4 Å². The molecule has 1 aliphatic rings. The topological polar surface area (TPSA) is 32.7 Å². The minimum absolute atomic E-state index is 0. The monoisotopic (exact) mass is 347 g/mol. The van der Waals surface area contributed by atoms with Gasteiger partial charge in [0.2, 0.25) is 0 Å². The van der Waals surface area contributed by atoms with Crippen LogP contribution in [0, 0.1) is 0 Å². The lowest BCUT2D eigenvalue weighted by Gasteiger charge is -2.38. The summed E-state index contributed by atoms with van der Waals surface area (Å²) >= 11 is 0. The van der Waals surface area contributed by atoms with Crippen molar-refractivity contribution in [3.05, 3.63) is 66.2 Å². The Balaban J connectivity index is 0.00000208. The lowest BCUT2D eigenvalue weighted by atomic mass is 9.85. The van der Waals surface area contributed by atoms with Crippen LogP contribution in [0.3, 0.4) is 0 Å². The molecular formula is C20H26ClNO2. The maximum atomic E-state index is 10.8. The van der Waals surface area contributed by atoms with Gasteiger partial charge >= 0.3 is 0 Å². The van der Waals surface area contributed by atoms with Gasteiger partial charge in [-0.1, -0.05) is 48.5 Å². The van der Waals surface area contributed by atoms with Crippen molar-refractivity contribution in [2.75, 3.05) is 26.2 Å². The molecule has 24 heavy (non-hydrogen) atoms. The van der Waals surface area contributed by atoms with Crippen LogP contribution >= 0.6 is 12.4 Å². The minimum Gasteiger partial charge on any atom is -0.492 e. The molecule has 2 aromatic rings. The first kappa shape index (κ1) is 18.8. The molecular weight excluding hydrogens is 322 g/mol. The second kappa shape index (κ2) is 9.07. The van der Waals surface area contributed by atoms with Crippen LogP contribution in [0.25, 0.3) is 0 Å². The third-order valence-electron chi connectivity index (χ3n) is 4.58. The molecule has 0 radical (unpaired) electrons. The van der Waals surface area contributed by atoms with E-state index in [4.69, 9.17) is 4.74 Å². The summed E-state index contributed by atoms with van der Waals surface area (Å²) in [6.45, 7) is 3.47. The number of benzene rings is 2. The molecule has 3 nitrogen and oxygen atoms in total. The average molecular weight is 348 g/mol. The molecule has 1 fully saturated rings. The van der Waals surface area contributed by atoms with Crippen LogP contribution in [-0.4, -0.2) is 41.8 Å². The van der Waals surface area contributed by atoms with E-state index in [2.05, 4.69) is 17.0 Å². The Hall–Kier alpha value is -1.55. The summed E-state index contributed by atoms with van der Waals surface area (Å²) < 4.78 is 5.75. The number of nitrogens with zero attached hydrogens (tertiary/aromatic N) is 1. The van der Waals surface area contributed by atoms with E-state index in [1.54, 1.807) is 0 Å². The Morgan fingerprint density at radius 2 is 1.50 bits per heavy atom. The van der Waals surface area contributed by atoms with Gasteiger partial charge in [0.05, 0.1) is 5.60 Å². The van der Waals surface area contributed by atoms with Crippen LogP contribution in [0.4, 0.5) is 0 Å². The Morgan fingerprint density at radius 1 is 0.917 bits per heavy atom. The summed E-state index contributed by atoms with van der Waals surface area (Å²) in [6, 6.07) is 20.2. The molecule has 3 rings (SSSR count). The zero-order valence-corrected chi connectivity index (χ0v) is 14.8. The second-order valence-electron chi connectivity index (χ2n) is 6.39. The minimum atomic E-state index is -0.557. The fourth-order valence-electron chi connectivity index (χ4n) is 3.15. The van der Waals surface area contributed by atoms with Crippen molar-refractivity contribution < 1.29 is 9.84 Å². The van der Waals surface area contributed by atoms with E-state index in [1.165, 1.54) is 5.56 Å². The molecule has 0 aromatic heterocycles. The first-order chi connectivity index (χ1) is 11.2. The molecule has 0 spiro atoms. The van der Waals surface area contributed by atoms with Crippen molar-refractivity contribution in [1.82, 2.24) is 4.90 Å². The fraction of sp³-hybridized carbons (Fsp3) is 0.400. The van der Waals surface area contributed by atoms with Crippen molar-refractivity contribution in [2.24, 2.45) is 0 Å². The highest BCUT2D eigenvalue weighted by Crippen LogP contribution is 2.26. The number of hydrogen-bond donors (Lipinski definition) is 1. The summed E-state index contributed by atoms with van der Waals surface area (Å²) in [6.07, 6.45) is 2.41. The van der Waals surface area contributed by atoms with Gasteiger partial charge in [0.25, 0.3) is 0 Å². The third kappa shape index (κ3) is 5.52. The molecule has 1 aliphatic heterocycles. The van der Waals surface area contributed by atoms with Gasteiger partial charge < -0.3 is 9.84 Å². The van der Waals surface area contributed by atoms with Gasteiger partial charge in [0.15, 0.2) is 0 Å². The molecule has 1 N–H and O–H groups in total. The van der Waals surface area contributed by atoms with Crippen LogP contribution in [-0.2, 0) is 6.42 Å². The van der Waals surface area contributed by atoms with Crippen LogP contribution in [0.1, 0.15) is 18.4 Å². The molecule has 1 heterocycles. The van der Waals surface area contributed by atoms with Gasteiger partial charge in [-0.3, -0.25) is 4.90 Å². The summed E-state index contributed by atoms with van der Waals surface area (Å²) in [4.78, 5) is 2.38. The standard InChI is InChI=1S/C20H25NO2.ClH/c22-20(17-18-7-3-1-4-8-18)11-13-21(14-12-20)15-16-23-19-9-5-2-6-10-19;/h1-10,22H,11-17H2;1H. The summed E-state index contributed by atoms with van der Waals surface area (Å²) in [5.41, 5.74) is 0.661. The second-order valence-corrected chi connectivity index (χ2v) is 6.39. The molecule has 4 heteroatoms. The predicted molar refractivity (Wildman–Crippen MR) is 100.0 cm³/mol. The number of ether oxygens (including phenoxy) is 1. The van der Waals surface area contributed by atoms with E-state index >= 15 is 0 Å². The maximum absolute atomic E-state index is 10.8. The number of para-hydroxylation sites is 1. The largest absolute Gasteiger partial charge is 0.492 e. The predicted octanol–water partition coefficient (Wildman–Crippen LogP) is 3.56. The highest BCUT2D eigenvalue weighted by atomic mass is 35.5. The van der Waals surface area contributed by atoms with E-state index in [0.29, 0.717) is 6.61 Å². The summed E-state index contributed by atoms with van der Waals surface area (Å²) in [5.74, 6) is 0.921. The Labute approximate surface area is 150 Å². The Bertz CT molecular complexity index is 583. The van der Waals surface area contributed by atoms with E-state index < -0.39 is 5.60 Å². The van der Waals surface area contributed by atoms with Crippen molar-refractivity contribution in [1.29, 1.82) is 0 Å². The first-order valence-electron chi connectivity index (χ1n) is 8.40. The lowest BCUT2D eigenvalue weighted by molar-refractivity contribution is -0.0226. The molecule has 0 saturated carbocycles. The molecule has 0 atom stereocenters. The zero-order chi connectivity index (χ0) is 16.0. The van der Waals surface area contributed by atoms with Crippen molar-refractivity contribution >= 4 is 12.4 Å². The van der Waals surface area contributed by atoms with E-state index in [9.17, 15) is 5.11 Å². The van der Waals surface area contributed by atoms with Crippen molar-refractivity contribution in [3.63, 3.8) is 0 Å². The maximum Gasteiger partial charge on any atom is 0.119 e. The normalized spacial score (nSPS) is 17.0. The summed E-state index contributed by atoms with van der Waals surface area (Å²) in [7, 11) is 0. The molecule has 1 saturated heterocycles. The summed E-state index contributed by atoms with van der Waals surface area (Å²) in [5, 5.41) is 10.8. The highest BCUT2D eigenvalue weighted by molar-refractivity contribution is 5.85. The van der Waals surface area contributed by atoms with Crippen LogP contribution in [0.5, 0.6) is 5.75 Å². The Kier molecular flexibility index (Phi) is 7.10. The van der Waals surface area contributed by atoms with Gasteiger partial charge in [0.1, 0.15) is 12.4 Å². The third-order valence-corrected chi connectivity index (χ3v) is 4.58. The van der Waals surface area contributed by atoms with Gasteiger partial charge in [-0.25, -0.2) is 0 Å². The molecule has 0 unspecified atom stereocenters. The molecule has 130 valence electrons. The quantitative estimate of drug-likeness (QED) is 0.867. The zero-order valence-electron chi connectivity index (χ0n) is 13.9. The average Bonchev–Trinajstić information content (AvgIpc) is 2.59. The van der Waals surface area contributed by atoms with Gasteiger partial charge in [0, 0.05) is 26.1 Å². The molecule has 0 bridgehead atoms. The van der Waals surface area contributed by atoms with Gasteiger partial charge in [-0.2, -0.15) is 0 Å². The van der Waals surface area contributed by atoms with E-state index in [1.807, 2.05) is 48.5 Å². The fourth-order valence-corrected chi connectivity index (χ4v) is 3.15. The molecule has 0 amide bonds. The number of hydrogen-bond acceptors (Lipinski definition) is 3. The number of likely N-dealkylation sites (tertiary alicyclic amines) is 1. The number of halogens is 1. The Morgan fingerprint density at radius 3 is 2.12 bits per heavy atom. The van der Waals surface area contributed by atoms with Crippen molar-refractivity contribution in [3.8, 4) is 5.75 Å². The molecule has 2 aromatic carbocycles. The molecule has 0 aliphatic carbocycles. The smallest absolute Gasteiger partial charge is 0.119 e. The number of aliphatic hydroxyl groups is 1. The highest BCUT2D eigenvalue weighted by Gasteiger charge is 2.32. The van der Waals surface area contributed by atoms with E-state index in [-0.39, 0.29) is 12.4 Å². The van der Waals surface area contributed by atoms with Crippen LogP contribution in [0.15, 0.2) is 60.7 Å². The number of piperidine rings is 1. The van der Waals surface area contributed by atoms with Crippen molar-refractivity contribution in [2.45, 2.75) is 24.9 Å². The van der Waals surface area contributed by atoms with Gasteiger partial charge in [-0.05, 0) is 30.5 Å². The van der Waals surface area contributed by atoms with Crippen LogP contribution in [0.2, 0.25) is 0 Å². The van der Waals surface area contributed by atoms with Crippen LogP contribution < -0.4 is 4.74 Å².